The third-order valence-corrected chi connectivity index (χ3v) is 0.745. The Morgan fingerprint density at radius 2 is 1.43 bits per heavy atom. The fourth-order valence-electron chi connectivity index (χ4n) is 0.0488. The van der Waals surface area contributed by atoms with Gasteiger partial charge in [-0.05, 0) is 0 Å². The number of aliphatic carboxylic acids is 2. The first-order valence-electron chi connectivity index (χ1n) is 3.51. The van der Waals surface area contributed by atoms with Crippen molar-refractivity contribution in [3.63, 3.8) is 0 Å². The molecule has 0 aromatic carbocycles. The molecule has 0 rings (SSSR count). The molecule has 0 bridgehead atoms. The lowest BCUT2D eigenvalue weighted by atomic mass is 10.5. The average molecular weight is 231 g/mol. The van der Waals surface area contributed by atoms with E-state index in [1.165, 1.54) is 0 Å². The van der Waals surface area contributed by atoms with Crippen LogP contribution in [0, 0.1) is 0 Å². The largest absolute Gasteiger partial charge is 0.481 e. The maximum Gasteiger partial charge on any atom is 0.300 e. The van der Waals surface area contributed by atoms with E-state index >= 15 is 0 Å². The Hall–Kier alpha value is -0.850. The highest BCUT2D eigenvalue weighted by Crippen LogP contribution is 1.81. The van der Waals surface area contributed by atoms with Crippen molar-refractivity contribution in [2.75, 3.05) is 12.5 Å². The van der Waals surface area contributed by atoms with Gasteiger partial charge in [0.05, 0.1) is 18.6 Å². The van der Waals surface area contributed by atoms with Crippen molar-refractivity contribution in [3.8, 4) is 0 Å². The second-order valence-corrected chi connectivity index (χ2v) is 2.34. The molecule has 1 atom stereocenters. The molecule has 4 N–H and O–H groups in total. The maximum atomic E-state index is 9.00. The van der Waals surface area contributed by atoms with Gasteiger partial charge in [-0.2, -0.15) is 0 Å². The molecular weight excluding hydrogens is 216 g/mol. The Balaban J connectivity index is -0.000000135. The molecule has 0 heterocycles. The number of alkyl halides is 1. The predicted molar refractivity (Wildman–Crippen MR) is 50.4 cm³/mol. The highest BCUT2D eigenvalue weighted by Gasteiger charge is 1.94. The number of hydrogen-bond acceptors (Lipinski definition) is 4. The molecule has 0 aliphatic rings. The molecule has 0 amide bonds. The van der Waals surface area contributed by atoms with Crippen LogP contribution in [0.15, 0.2) is 0 Å². The summed E-state index contributed by atoms with van der Waals surface area (Å²) in [5, 5.41) is 31.1. The second kappa shape index (κ2) is 14.7. The zero-order valence-electron chi connectivity index (χ0n) is 7.97. The normalized spacial score (nSPS) is 9.79. The van der Waals surface area contributed by atoms with Gasteiger partial charge in [-0.25, -0.2) is 0 Å². The number of carboxylic acid groups (broad SMARTS) is 2. The molecule has 0 aliphatic heterocycles. The summed E-state index contributed by atoms with van der Waals surface area (Å²) in [6, 6.07) is 0. The predicted octanol–water partition coefficient (Wildman–Crippen LogP) is -0.240. The van der Waals surface area contributed by atoms with Gasteiger partial charge in [0.25, 0.3) is 11.9 Å². The van der Waals surface area contributed by atoms with Crippen LogP contribution >= 0.6 is 11.6 Å². The molecule has 14 heavy (non-hydrogen) atoms. The Bertz CT molecular complexity index is 125. The standard InChI is InChI=1S/C3H7ClO2.2C2H4O2/c4-1-3(6)2-5;2*1-2(3)4/h3,5-6H,1-2H2;2*1H3,(H,3,4). The van der Waals surface area contributed by atoms with E-state index in [9.17, 15) is 0 Å². The van der Waals surface area contributed by atoms with Crippen LogP contribution in [0.2, 0.25) is 0 Å². The third-order valence-electron chi connectivity index (χ3n) is 0.389. The van der Waals surface area contributed by atoms with Crippen LogP contribution in [0.25, 0.3) is 0 Å². The topological polar surface area (TPSA) is 115 Å². The second-order valence-electron chi connectivity index (χ2n) is 2.03. The Kier molecular flexibility index (Phi) is 19.7. The molecule has 0 fully saturated rings. The molecule has 6 nitrogen and oxygen atoms in total. The molecule has 0 aliphatic carbocycles. The van der Waals surface area contributed by atoms with Gasteiger partial charge < -0.3 is 20.4 Å². The van der Waals surface area contributed by atoms with Gasteiger partial charge in [0, 0.05) is 13.8 Å². The van der Waals surface area contributed by atoms with Crippen molar-refractivity contribution < 1.29 is 30.0 Å². The molecule has 1 unspecified atom stereocenters. The Labute approximate surface area is 86.7 Å². The summed E-state index contributed by atoms with van der Waals surface area (Å²) in [7, 11) is 0. The smallest absolute Gasteiger partial charge is 0.300 e. The van der Waals surface area contributed by atoms with Crippen LogP contribution in [0.4, 0.5) is 0 Å². The monoisotopic (exact) mass is 230 g/mol. The van der Waals surface area contributed by atoms with Crippen LogP contribution in [-0.2, 0) is 9.59 Å². The number of aliphatic hydroxyl groups is 2. The zero-order chi connectivity index (χ0) is 12.1. The number of halogens is 1. The van der Waals surface area contributed by atoms with Crippen LogP contribution in [0.5, 0.6) is 0 Å². The minimum Gasteiger partial charge on any atom is -0.481 e. The van der Waals surface area contributed by atoms with E-state index in [1.54, 1.807) is 0 Å². The van der Waals surface area contributed by atoms with E-state index in [4.69, 9.17) is 41.6 Å². The first-order valence-corrected chi connectivity index (χ1v) is 4.05. The first kappa shape index (κ1) is 18.8. The first-order chi connectivity index (χ1) is 6.27. The lowest BCUT2D eigenvalue weighted by molar-refractivity contribution is -0.135. The molecule has 0 radical (unpaired) electrons. The summed E-state index contributed by atoms with van der Waals surface area (Å²) in [6.45, 7) is 1.92. The number of carboxylic acids is 2. The van der Waals surface area contributed by atoms with Crippen molar-refractivity contribution in [2.45, 2.75) is 20.0 Å². The highest BCUT2D eigenvalue weighted by molar-refractivity contribution is 6.18. The van der Waals surface area contributed by atoms with E-state index in [2.05, 4.69) is 0 Å². The van der Waals surface area contributed by atoms with E-state index in [0.29, 0.717) is 0 Å². The van der Waals surface area contributed by atoms with Crippen molar-refractivity contribution in [3.05, 3.63) is 0 Å². The summed E-state index contributed by atoms with van der Waals surface area (Å²) in [5.74, 6) is -1.56. The molecule has 0 aromatic rings. The minimum absolute atomic E-state index is 0.108. The molecular formula is C7H15ClO6. The Morgan fingerprint density at radius 1 is 1.21 bits per heavy atom. The van der Waals surface area contributed by atoms with Gasteiger partial charge in [-0.15, -0.1) is 11.6 Å². The van der Waals surface area contributed by atoms with Crippen molar-refractivity contribution in [1.29, 1.82) is 0 Å². The number of aliphatic hydroxyl groups excluding tert-OH is 2. The quantitative estimate of drug-likeness (QED) is 0.487. The molecule has 7 heteroatoms. The maximum absolute atomic E-state index is 9.00. The zero-order valence-corrected chi connectivity index (χ0v) is 8.73. The molecule has 0 saturated heterocycles. The summed E-state index contributed by atoms with van der Waals surface area (Å²) in [4.78, 5) is 18.0. The van der Waals surface area contributed by atoms with Crippen molar-refractivity contribution >= 4 is 23.5 Å². The van der Waals surface area contributed by atoms with E-state index in [-0.39, 0.29) is 12.5 Å². The summed E-state index contributed by atoms with van der Waals surface area (Å²) in [6.07, 6.45) is -0.744. The van der Waals surface area contributed by atoms with Gasteiger partial charge in [0.2, 0.25) is 0 Å². The summed E-state index contributed by atoms with van der Waals surface area (Å²) >= 11 is 5.04. The van der Waals surface area contributed by atoms with E-state index in [1.807, 2.05) is 0 Å². The molecule has 0 spiro atoms. The number of hydrogen-bond donors (Lipinski definition) is 4. The van der Waals surface area contributed by atoms with E-state index < -0.39 is 18.0 Å². The molecule has 0 aromatic heterocycles. The molecule has 86 valence electrons. The number of carbonyl (C=O) groups is 2. The average Bonchev–Trinajstić information content (AvgIpc) is 2.01. The van der Waals surface area contributed by atoms with Crippen molar-refractivity contribution in [1.82, 2.24) is 0 Å². The lowest BCUT2D eigenvalue weighted by Crippen LogP contribution is -2.12. The molecule has 0 saturated carbocycles. The van der Waals surface area contributed by atoms with Gasteiger partial charge in [0.15, 0.2) is 0 Å². The highest BCUT2D eigenvalue weighted by atomic mass is 35.5. The van der Waals surface area contributed by atoms with Crippen LogP contribution in [-0.4, -0.2) is 51.0 Å². The van der Waals surface area contributed by atoms with Gasteiger partial charge >= 0.3 is 0 Å². The SMILES string of the molecule is CC(=O)O.CC(=O)O.OCC(O)CCl. The van der Waals surface area contributed by atoms with Crippen molar-refractivity contribution in [2.24, 2.45) is 0 Å². The van der Waals surface area contributed by atoms with Crippen LogP contribution in [0.1, 0.15) is 13.8 Å². The van der Waals surface area contributed by atoms with E-state index in [0.717, 1.165) is 13.8 Å². The number of rotatable bonds is 2. The summed E-state index contributed by atoms with van der Waals surface area (Å²) in [5.41, 5.74) is 0. The fraction of sp³-hybridized carbons (Fsp3) is 0.714. The lowest BCUT2D eigenvalue weighted by Gasteiger charge is -1.95. The minimum atomic E-state index is -0.833. The van der Waals surface area contributed by atoms with Crippen LogP contribution in [0.3, 0.4) is 0 Å². The summed E-state index contributed by atoms with van der Waals surface area (Å²) < 4.78 is 0. The van der Waals surface area contributed by atoms with Gasteiger partial charge in [0.1, 0.15) is 0 Å². The van der Waals surface area contributed by atoms with Gasteiger partial charge in [-0.3, -0.25) is 9.59 Å². The van der Waals surface area contributed by atoms with Crippen LogP contribution < -0.4 is 0 Å². The van der Waals surface area contributed by atoms with Gasteiger partial charge in [-0.1, -0.05) is 0 Å². The Morgan fingerprint density at radius 3 is 1.43 bits per heavy atom. The third kappa shape index (κ3) is 116. The fourth-order valence-corrected chi connectivity index (χ4v) is 0.146.